The zero-order valence-corrected chi connectivity index (χ0v) is 19.4. The van der Waals surface area contributed by atoms with Crippen molar-refractivity contribution in [2.24, 2.45) is 4.99 Å². The minimum atomic E-state index is 0. The first-order valence-corrected chi connectivity index (χ1v) is 10.3. The first kappa shape index (κ1) is 21.2. The van der Waals surface area contributed by atoms with Gasteiger partial charge in [0.2, 0.25) is 0 Å². The van der Waals surface area contributed by atoms with Crippen molar-refractivity contribution in [2.45, 2.75) is 25.4 Å². The number of rotatable bonds is 5. The SMILES string of the molecule is CN=C(NCc1csc(N(C)C)n1)NC1CCN(c2cccs2)CC1.I. The van der Waals surface area contributed by atoms with Crippen LogP contribution in [0.1, 0.15) is 18.5 Å². The van der Waals surface area contributed by atoms with Crippen LogP contribution in [0.3, 0.4) is 0 Å². The fourth-order valence-electron chi connectivity index (χ4n) is 2.84. The molecule has 2 aromatic heterocycles. The molecule has 0 radical (unpaired) electrons. The third-order valence-corrected chi connectivity index (χ3v) is 6.22. The van der Waals surface area contributed by atoms with Crippen LogP contribution in [0.25, 0.3) is 0 Å². The van der Waals surface area contributed by atoms with E-state index in [2.05, 4.69) is 48.4 Å². The summed E-state index contributed by atoms with van der Waals surface area (Å²) in [6, 6.07) is 4.79. The maximum absolute atomic E-state index is 4.59. The Morgan fingerprint density at radius 3 is 2.69 bits per heavy atom. The van der Waals surface area contributed by atoms with Gasteiger partial charge in [-0.2, -0.15) is 0 Å². The molecule has 1 fully saturated rings. The number of guanidine groups is 1. The van der Waals surface area contributed by atoms with Gasteiger partial charge in [0.15, 0.2) is 11.1 Å². The summed E-state index contributed by atoms with van der Waals surface area (Å²) in [6.07, 6.45) is 2.25. The second kappa shape index (κ2) is 10.3. The second-order valence-electron chi connectivity index (χ2n) is 6.30. The lowest BCUT2D eigenvalue weighted by Crippen LogP contribution is -2.48. The van der Waals surface area contributed by atoms with Gasteiger partial charge in [0.05, 0.1) is 17.2 Å². The molecule has 3 rings (SSSR count). The predicted molar refractivity (Wildman–Crippen MR) is 125 cm³/mol. The number of halogens is 1. The van der Waals surface area contributed by atoms with Gasteiger partial charge >= 0.3 is 0 Å². The van der Waals surface area contributed by atoms with Crippen LogP contribution in [-0.4, -0.2) is 51.2 Å². The van der Waals surface area contributed by atoms with E-state index in [9.17, 15) is 0 Å². The first-order chi connectivity index (χ1) is 12.2. The molecule has 0 atom stereocenters. The van der Waals surface area contributed by atoms with E-state index < -0.39 is 0 Å². The zero-order valence-electron chi connectivity index (χ0n) is 15.4. The summed E-state index contributed by atoms with van der Waals surface area (Å²) >= 11 is 3.48. The standard InChI is InChI=1S/C17H26N6S2.HI/c1-18-16(19-11-14-12-25-17(21-14)22(2)3)20-13-6-8-23(9-7-13)15-5-4-10-24-15;/h4-5,10,12-13H,6-9,11H2,1-3H3,(H2,18,19,20);1H. The molecule has 0 saturated carbocycles. The minimum Gasteiger partial charge on any atom is -0.363 e. The van der Waals surface area contributed by atoms with Crippen molar-refractivity contribution in [1.82, 2.24) is 15.6 Å². The molecule has 0 spiro atoms. The number of hydrogen-bond donors (Lipinski definition) is 2. The summed E-state index contributed by atoms with van der Waals surface area (Å²) in [7, 11) is 5.85. The van der Waals surface area contributed by atoms with Gasteiger partial charge in [-0.05, 0) is 30.4 Å². The van der Waals surface area contributed by atoms with Crippen molar-refractivity contribution < 1.29 is 0 Å². The third kappa shape index (κ3) is 5.71. The quantitative estimate of drug-likeness (QED) is 0.371. The number of aliphatic imine (C=N–C) groups is 1. The van der Waals surface area contributed by atoms with Crippen LogP contribution >= 0.6 is 46.7 Å². The number of aromatic nitrogens is 1. The number of thiazole rings is 1. The summed E-state index contributed by atoms with van der Waals surface area (Å²) in [4.78, 5) is 13.5. The summed E-state index contributed by atoms with van der Waals surface area (Å²) in [5, 5.41) is 13.6. The minimum absolute atomic E-state index is 0. The molecule has 2 aromatic rings. The van der Waals surface area contributed by atoms with Crippen molar-refractivity contribution in [2.75, 3.05) is 44.0 Å². The summed E-state index contributed by atoms with van der Waals surface area (Å²) < 4.78 is 0. The van der Waals surface area contributed by atoms with Gasteiger partial charge in [0.1, 0.15) is 0 Å². The van der Waals surface area contributed by atoms with Gasteiger partial charge in [0.25, 0.3) is 0 Å². The van der Waals surface area contributed by atoms with Crippen molar-refractivity contribution in [3.8, 4) is 0 Å². The second-order valence-corrected chi connectivity index (χ2v) is 8.06. The van der Waals surface area contributed by atoms with Gasteiger partial charge in [-0.1, -0.05) is 0 Å². The molecule has 0 unspecified atom stereocenters. The van der Waals surface area contributed by atoms with Gasteiger partial charge in [-0.3, -0.25) is 4.99 Å². The Morgan fingerprint density at radius 1 is 1.35 bits per heavy atom. The van der Waals surface area contributed by atoms with Crippen molar-refractivity contribution in [3.63, 3.8) is 0 Å². The summed E-state index contributed by atoms with van der Waals surface area (Å²) in [5.74, 6) is 0.856. The zero-order chi connectivity index (χ0) is 17.6. The van der Waals surface area contributed by atoms with Gasteiger partial charge in [0, 0.05) is 45.7 Å². The highest BCUT2D eigenvalue weighted by Gasteiger charge is 2.20. The molecule has 0 bridgehead atoms. The topological polar surface area (TPSA) is 55.8 Å². The van der Waals surface area contributed by atoms with E-state index in [0.29, 0.717) is 12.6 Å². The Bertz CT molecular complexity index is 677. The number of nitrogens with zero attached hydrogens (tertiary/aromatic N) is 4. The van der Waals surface area contributed by atoms with Crippen LogP contribution in [0.2, 0.25) is 0 Å². The van der Waals surface area contributed by atoms with Crippen LogP contribution in [0.15, 0.2) is 27.9 Å². The van der Waals surface area contributed by atoms with Crippen molar-refractivity contribution in [3.05, 3.63) is 28.6 Å². The van der Waals surface area contributed by atoms with Crippen LogP contribution in [0, 0.1) is 0 Å². The van der Waals surface area contributed by atoms with E-state index in [-0.39, 0.29) is 24.0 Å². The Hall–Kier alpha value is -1.07. The largest absolute Gasteiger partial charge is 0.363 e. The maximum atomic E-state index is 4.59. The van der Waals surface area contributed by atoms with Crippen molar-refractivity contribution in [1.29, 1.82) is 0 Å². The smallest absolute Gasteiger partial charge is 0.191 e. The van der Waals surface area contributed by atoms with E-state index >= 15 is 0 Å². The molecule has 26 heavy (non-hydrogen) atoms. The average molecular weight is 506 g/mol. The molecule has 2 N–H and O–H groups in total. The molecule has 0 aliphatic carbocycles. The molecule has 1 saturated heterocycles. The lowest BCUT2D eigenvalue weighted by molar-refractivity contribution is 0.462. The molecule has 1 aliphatic rings. The summed E-state index contributed by atoms with van der Waals surface area (Å²) in [5.41, 5.74) is 1.05. The third-order valence-electron chi connectivity index (χ3n) is 4.24. The number of thiophene rings is 1. The fraction of sp³-hybridized carbons (Fsp3) is 0.529. The maximum Gasteiger partial charge on any atom is 0.191 e. The molecule has 0 amide bonds. The van der Waals surface area contributed by atoms with Crippen molar-refractivity contribution >= 4 is 62.7 Å². The van der Waals surface area contributed by atoms with Gasteiger partial charge < -0.3 is 20.4 Å². The Kier molecular flexibility index (Phi) is 8.42. The predicted octanol–water partition coefficient (Wildman–Crippen LogP) is 3.22. The van der Waals surface area contributed by atoms with Crippen LogP contribution in [-0.2, 0) is 6.54 Å². The highest BCUT2D eigenvalue weighted by atomic mass is 127. The van der Waals surface area contributed by atoms with Gasteiger partial charge in [-0.25, -0.2) is 4.98 Å². The Balaban J connectivity index is 0.00000243. The molecule has 144 valence electrons. The normalized spacial score (nSPS) is 15.5. The molecular weight excluding hydrogens is 479 g/mol. The van der Waals surface area contributed by atoms with Gasteiger partial charge in [-0.15, -0.1) is 46.7 Å². The lowest BCUT2D eigenvalue weighted by Gasteiger charge is -2.33. The monoisotopic (exact) mass is 506 g/mol. The van der Waals surface area contributed by atoms with Crippen LogP contribution < -0.4 is 20.4 Å². The Morgan fingerprint density at radius 2 is 2.12 bits per heavy atom. The fourth-order valence-corrected chi connectivity index (χ4v) is 4.38. The van der Waals surface area contributed by atoms with E-state index in [0.717, 1.165) is 42.7 Å². The van der Waals surface area contributed by atoms with E-state index in [1.165, 1.54) is 5.00 Å². The molecule has 6 nitrogen and oxygen atoms in total. The van der Waals surface area contributed by atoms with E-state index in [1.807, 2.05) is 37.4 Å². The molecule has 1 aliphatic heterocycles. The summed E-state index contributed by atoms with van der Waals surface area (Å²) in [6.45, 7) is 2.87. The van der Waals surface area contributed by atoms with Crippen LogP contribution in [0.5, 0.6) is 0 Å². The first-order valence-electron chi connectivity index (χ1n) is 8.53. The highest BCUT2D eigenvalue weighted by Crippen LogP contribution is 2.24. The van der Waals surface area contributed by atoms with E-state index in [1.54, 1.807) is 11.3 Å². The molecule has 0 aromatic carbocycles. The molecule has 3 heterocycles. The number of anilines is 2. The average Bonchev–Trinajstić information content (AvgIpc) is 3.31. The van der Waals surface area contributed by atoms with Crippen LogP contribution in [0.4, 0.5) is 10.1 Å². The number of nitrogens with one attached hydrogen (secondary N) is 2. The van der Waals surface area contributed by atoms with E-state index in [4.69, 9.17) is 0 Å². The Labute approximate surface area is 180 Å². The number of hydrogen-bond acceptors (Lipinski definition) is 6. The lowest BCUT2D eigenvalue weighted by atomic mass is 10.1. The molecule has 9 heteroatoms. The number of piperidine rings is 1. The molecular formula is C17H27IN6S2. The highest BCUT2D eigenvalue weighted by molar-refractivity contribution is 14.0.